The molecule has 0 radical (unpaired) electrons. The number of aryl methyl sites for hydroxylation is 1. The lowest BCUT2D eigenvalue weighted by atomic mass is 9.87. The highest BCUT2D eigenvalue weighted by molar-refractivity contribution is 7.93. The summed E-state index contributed by atoms with van der Waals surface area (Å²) < 4.78 is 30.2. The van der Waals surface area contributed by atoms with Crippen LogP contribution in [-0.2, 0) is 26.9 Å². The van der Waals surface area contributed by atoms with Gasteiger partial charge in [0.05, 0.1) is 11.3 Å². The van der Waals surface area contributed by atoms with E-state index in [4.69, 9.17) is 5.14 Å². The van der Waals surface area contributed by atoms with Crippen molar-refractivity contribution in [1.29, 1.82) is 0 Å². The van der Waals surface area contributed by atoms with E-state index in [1.165, 1.54) is 0 Å². The van der Waals surface area contributed by atoms with Gasteiger partial charge in [0.15, 0.2) is 25.7 Å². The Kier molecular flexibility index (Phi) is 7.20. The van der Waals surface area contributed by atoms with E-state index in [2.05, 4.69) is 9.35 Å². The molecule has 30 heavy (non-hydrogen) atoms. The van der Waals surface area contributed by atoms with Crippen LogP contribution >= 0.6 is 11.3 Å². The van der Waals surface area contributed by atoms with Crippen LogP contribution < -0.4 is 5.14 Å². The fraction of sp³-hybridized carbons (Fsp3) is 0.500. The van der Waals surface area contributed by atoms with Crippen molar-refractivity contribution in [1.82, 2.24) is 4.98 Å². The summed E-state index contributed by atoms with van der Waals surface area (Å²) in [6.45, 7) is 10.9. The number of carbonyl (C=O) groups is 1. The zero-order valence-corrected chi connectivity index (χ0v) is 19.5. The first-order valence-corrected chi connectivity index (χ1v) is 11.8. The van der Waals surface area contributed by atoms with Crippen LogP contribution in [0.5, 0.6) is 0 Å². The fourth-order valence-electron chi connectivity index (χ4n) is 3.31. The van der Waals surface area contributed by atoms with Gasteiger partial charge in [-0.2, -0.15) is 0 Å². The molecular weight excluding hydrogens is 429 g/mol. The number of thiophene rings is 1. The number of carbonyl (C=O) groups excluding carboxylic acids is 1. The van der Waals surface area contributed by atoms with Crippen LogP contribution in [0.3, 0.4) is 0 Å². The predicted octanol–water partition coefficient (Wildman–Crippen LogP) is 3.46. The van der Waals surface area contributed by atoms with Gasteiger partial charge in [0.25, 0.3) is 5.91 Å². The zero-order chi connectivity index (χ0) is 23.0. The minimum absolute atomic E-state index is 0.102. The maximum absolute atomic E-state index is 14.3. The lowest BCUT2D eigenvalue weighted by molar-refractivity contribution is -0.149. The molecule has 1 unspecified atom stereocenters. The van der Waals surface area contributed by atoms with Crippen LogP contribution in [0.1, 0.15) is 73.7 Å². The van der Waals surface area contributed by atoms with E-state index < -0.39 is 31.6 Å². The zero-order valence-electron chi connectivity index (χ0n) is 17.9. The molecule has 1 atom stereocenters. The molecule has 2 rings (SSSR count). The number of aromatic nitrogens is 1. The Bertz CT molecular complexity index is 1080. The van der Waals surface area contributed by atoms with E-state index in [1.807, 2.05) is 34.6 Å². The van der Waals surface area contributed by atoms with Crippen LogP contribution in [0.4, 0.5) is 4.39 Å². The Morgan fingerprint density at radius 1 is 1.33 bits per heavy atom. The summed E-state index contributed by atoms with van der Waals surface area (Å²) in [5, 5.41) is 25.0. The lowest BCUT2D eigenvalue weighted by Gasteiger charge is -2.20. The first-order chi connectivity index (χ1) is 13.6. The monoisotopic (exact) mass is 457 g/mol. The number of hydrogen-bond acceptors (Lipinski definition) is 6. The largest absolute Gasteiger partial charge is 0.362 e. The third-order valence-corrected chi connectivity index (χ3v) is 7.89. The molecule has 7 nitrogen and oxygen atoms in total. The Morgan fingerprint density at radius 2 is 1.93 bits per heavy atom. The Labute approximate surface area is 180 Å². The summed E-state index contributed by atoms with van der Waals surface area (Å²) in [5.74, 6) is -3.87. The minimum Gasteiger partial charge on any atom is -0.362 e. The van der Waals surface area contributed by atoms with Crippen LogP contribution in [0.15, 0.2) is 20.8 Å². The lowest BCUT2D eigenvalue weighted by Crippen LogP contribution is -2.18. The molecule has 10 heteroatoms. The van der Waals surface area contributed by atoms with Crippen molar-refractivity contribution in [2.75, 3.05) is 0 Å². The summed E-state index contributed by atoms with van der Waals surface area (Å²) in [6.07, 6.45) is 1.58. The molecule has 2 aromatic rings. The van der Waals surface area contributed by atoms with Crippen molar-refractivity contribution in [2.24, 2.45) is 9.50 Å². The van der Waals surface area contributed by atoms with Gasteiger partial charge < -0.3 is 10.2 Å². The molecule has 0 saturated heterocycles. The Balaban J connectivity index is 2.51. The smallest absolute Gasteiger partial charge is 0.259 e. The van der Waals surface area contributed by atoms with Gasteiger partial charge in [-0.1, -0.05) is 27.7 Å². The number of aliphatic hydroxyl groups is 2. The summed E-state index contributed by atoms with van der Waals surface area (Å²) in [5.41, 5.74) is 3.37. The number of nitrogens with two attached hydrogens (primary N) is 1. The topological polar surface area (TPSA) is 126 Å². The number of rotatable bonds is 6. The van der Waals surface area contributed by atoms with E-state index in [9.17, 15) is 23.6 Å². The van der Waals surface area contributed by atoms with Gasteiger partial charge in [-0.05, 0) is 48.4 Å². The van der Waals surface area contributed by atoms with Crippen molar-refractivity contribution in [3.8, 4) is 0 Å². The molecule has 0 aliphatic carbocycles. The average Bonchev–Trinajstić information content (AvgIpc) is 2.96. The molecule has 0 fully saturated rings. The third-order valence-electron chi connectivity index (χ3n) is 4.61. The number of pyridine rings is 1. The van der Waals surface area contributed by atoms with Crippen LogP contribution in [0, 0.1) is 12.7 Å². The molecule has 4 N–H and O–H groups in total. The summed E-state index contributed by atoms with van der Waals surface area (Å²) in [6, 6.07) is 0.826. The normalized spacial score (nSPS) is 14.3. The number of hydrogen-bond donors (Lipinski definition) is 3. The molecular formula is C20H28FN3O4S2. The second kappa shape index (κ2) is 8.80. The van der Waals surface area contributed by atoms with Gasteiger partial charge in [0.2, 0.25) is 0 Å². The van der Waals surface area contributed by atoms with E-state index in [0.717, 1.165) is 35.4 Å². The summed E-state index contributed by atoms with van der Waals surface area (Å²) >= 11 is 0.509. The van der Waals surface area contributed by atoms with Crippen molar-refractivity contribution in [3.05, 3.63) is 45.3 Å². The quantitative estimate of drug-likeness (QED) is 0.573. The second-order valence-electron chi connectivity index (χ2n) is 8.00. The predicted molar refractivity (Wildman–Crippen MR) is 115 cm³/mol. The summed E-state index contributed by atoms with van der Waals surface area (Å²) in [7, 11) is -3.89. The van der Waals surface area contributed by atoms with Gasteiger partial charge in [-0.3, -0.25) is 9.78 Å². The molecule has 0 aliphatic rings. The van der Waals surface area contributed by atoms with Crippen LogP contribution in [-0.4, -0.2) is 25.3 Å². The maximum Gasteiger partial charge on any atom is 0.259 e. The van der Waals surface area contributed by atoms with E-state index >= 15 is 0 Å². The molecule has 0 bridgehead atoms. The van der Waals surface area contributed by atoms with Crippen molar-refractivity contribution >= 4 is 27.2 Å². The average molecular weight is 458 g/mol. The first-order valence-electron chi connectivity index (χ1n) is 9.45. The van der Waals surface area contributed by atoms with Gasteiger partial charge in [0.1, 0.15) is 0 Å². The Hall–Kier alpha value is -1.72. The first kappa shape index (κ1) is 24.5. The van der Waals surface area contributed by atoms with Crippen molar-refractivity contribution in [3.63, 3.8) is 0 Å². The molecule has 0 aliphatic heterocycles. The number of nitrogens with zero attached hydrogens (tertiary/aromatic N) is 2. The van der Waals surface area contributed by atoms with Crippen molar-refractivity contribution < 1.29 is 23.6 Å². The third kappa shape index (κ3) is 5.30. The van der Waals surface area contributed by atoms with Crippen LogP contribution in [0.2, 0.25) is 0 Å². The van der Waals surface area contributed by atoms with E-state index in [-0.39, 0.29) is 23.1 Å². The molecule has 0 spiro atoms. The van der Waals surface area contributed by atoms with E-state index in [0.29, 0.717) is 11.3 Å². The number of amides is 1. The highest BCUT2D eigenvalue weighted by Gasteiger charge is 2.28. The van der Waals surface area contributed by atoms with Crippen molar-refractivity contribution in [2.45, 2.75) is 69.8 Å². The maximum atomic E-state index is 14.3. The molecule has 1 amide bonds. The highest BCUT2D eigenvalue weighted by Crippen LogP contribution is 2.33. The minimum atomic E-state index is -3.89. The molecule has 0 aromatic carbocycles. The van der Waals surface area contributed by atoms with Gasteiger partial charge in [0, 0.05) is 11.9 Å². The SMILES string of the molecule is Cc1ncc(C(C)C)c(CC(=O)N=S(N)(=O)c2sc(C(C)(O)O)cc2F)c1C(C)C. The van der Waals surface area contributed by atoms with Crippen LogP contribution in [0.25, 0.3) is 0 Å². The second-order valence-corrected chi connectivity index (χ2v) is 11.0. The summed E-state index contributed by atoms with van der Waals surface area (Å²) in [4.78, 5) is 17.0. The molecule has 0 saturated carbocycles. The van der Waals surface area contributed by atoms with E-state index in [1.54, 1.807) is 6.20 Å². The van der Waals surface area contributed by atoms with Gasteiger partial charge in [-0.15, -0.1) is 15.7 Å². The molecule has 166 valence electrons. The fourth-order valence-corrected chi connectivity index (χ4v) is 5.67. The highest BCUT2D eigenvalue weighted by atomic mass is 32.2. The number of halogens is 1. The van der Waals surface area contributed by atoms with Gasteiger partial charge >= 0.3 is 0 Å². The van der Waals surface area contributed by atoms with Gasteiger partial charge in [-0.25, -0.2) is 13.7 Å². The molecule has 2 heterocycles. The molecule has 2 aromatic heterocycles. The standard InChI is InChI=1S/C20H28FN3O4S2/c1-10(2)14-9-23-12(5)18(11(3)4)13(14)7-17(25)24-30(22,28)19-15(21)8-16(29-19)20(6,26)27/h8-11,26-27H,7H2,1-6H3,(H2,22,24,25,28). The Morgan fingerprint density at radius 3 is 2.40 bits per heavy atom.